The third-order valence-electron chi connectivity index (χ3n) is 8.41. The standard InChI is InChI=1S/C28H28N2O5/c1-15-4-3-5-16(2)25(15)29-14-19(13-22(29)31)28(34)35-21-10-8-20(9-11-21)30-26(32)23-17-6-7-18(12-17)24(23)27(30)33/h3-5,8-11,17-19,23-24H,6-7,12-14H2,1-2H3/t17-,18-,19+,23-,24-/m0/s1. The SMILES string of the molecule is Cc1cccc(C)c1N1C[C@H](C(=O)Oc2ccc(N3C(=O)[C@H]4[C@H]5CC[C@@H](C5)[C@@H]4C3=O)cc2)CC1=O. The van der Waals surface area contributed by atoms with Crippen molar-refractivity contribution in [3.63, 3.8) is 0 Å². The number of ether oxygens (including phenoxy) is 1. The molecule has 2 aromatic carbocycles. The monoisotopic (exact) mass is 472 g/mol. The molecule has 0 spiro atoms. The molecule has 4 fully saturated rings. The van der Waals surface area contributed by atoms with Gasteiger partial charge in [-0.25, -0.2) is 0 Å². The maximum Gasteiger partial charge on any atom is 0.316 e. The molecular weight excluding hydrogens is 444 g/mol. The summed E-state index contributed by atoms with van der Waals surface area (Å²) in [6, 6.07) is 12.4. The minimum Gasteiger partial charge on any atom is -0.426 e. The molecule has 35 heavy (non-hydrogen) atoms. The Morgan fingerprint density at radius 2 is 1.49 bits per heavy atom. The van der Waals surface area contributed by atoms with Gasteiger partial charge < -0.3 is 9.64 Å². The van der Waals surface area contributed by atoms with Crippen molar-refractivity contribution in [2.24, 2.45) is 29.6 Å². The lowest BCUT2D eigenvalue weighted by molar-refractivity contribution is -0.139. The Kier molecular flexibility index (Phi) is 5.06. The largest absolute Gasteiger partial charge is 0.426 e. The van der Waals surface area contributed by atoms with Gasteiger partial charge in [0, 0.05) is 18.7 Å². The lowest BCUT2D eigenvalue weighted by Crippen LogP contribution is -2.32. The number of hydrogen-bond acceptors (Lipinski definition) is 5. The second-order valence-electron chi connectivity index (χ2n) is 10.5. The van der Waals surface area contributed by atoms with Crippen LogP contribution in [0.5, 0.6) is 5.75 Å². The molecule has 0 N–H and O–H groups in total. The number of aryl methyl sites for hydroxylation is 2. The van der Waals surface area contributed by atoms with Crippen molar-refractivity contribution in [1.82, 2.24) is 0 Å². The van der Waals surface area contributed by atoms with E-state index in [1.807, 2.05) is 32.0 Å². The van der Waals surface area contributed by atoms with Gasteiger partial charge in [-0.15, -0.1) is 0 Å². The molecule has 2 saturated heterocycles. The summed E-state index contributed by atoms with van der Waals surface area (Å²) in [5, 5.41) is 0. The fourth-order valence-electron chi connectivity index (χ4n) is 6.84. The zero-order valence-electron chi connectivity index (χ0n) is 19.9. The van der Waals surface area contributed by atoms with Gasteiger partial charge in [0.05, 0.1) is 23.4 Å². The maximum atomic E-state index is 13.0. The van der Waals surface area contributed by atoms with Gasteiger partial charge in [-0.3, -0.25) is 24.1 Å². The van der Waals surface area contributed by atoms with E-state index in [1.165, 1.54) is 4.90 Å². The van der Waals surface area contributed by atoms with Crippen LogP contribution in [0.2, 0.25) is 0 Å². The first-order valence-corrected chi connectivity index (χ1v) is 12.4. The molecule has 4 aliphatic rings. The number of para-hydroxylation sites is 1. The first-order valence-electron chi connectivity index (χ1n) is 12.4. The number of nitrogens with zero attached hydrogens (tertiary/aromatic N) is 2. The van der Waals surface area contributed by atoms with Crippen molar-refractivity contribution >= 4 is 35.1 Å². The van der Waals surface area contributed by atoms with Crippen LogP contribution in [0.15, 0.2) is 42.5 Å². The molecule has 180 valence electrons. The van der Waals surface area contributed by atoms with Gasteiger partial charge in [0.2, 0.25) is 17.7 Å². The number of rotatable bonds is 4. The van der Waals surface area contributed by atoms with Gasteiger partial charge >= 0.3 is 5.97 Å². The Morgan fingerprint density at radius 1 is 0.886 bits per heavy atom. The molecule has 7 nitrogen and oxygen atoms in total. The summed E-state index contributed by atoms with van der Waals surface area (Å²) in [5.74, 6) is -0.621. The topological polar surface area (TPSA) is 84.0 Å². The van der Waals surface area contributed by atoms with Gasteiger partial charge in [0.1, 0.15) is 5.75 Å². The fraction of sp³-hybridized carbons (Fsp3) is 0.429. The zero-order valence-corrected chi connectivity index (χ0v) is 19.9. The van der Waals surface area contributed by atoms with E-state index in [2.05, 4.69) is 0 Å². The highest BCUT2D eigenvalue weighted by atomic mass is 16.5. The molecule has 0 unspecified atom stereocenters. The minimum atomic E-state index is -0.558. The van der Waals surface area contributed by atoms with Crippen LogP contribution in [-0.4, -0.2) is 30.2 Å². The summed E-state index contributed by atoms with van der Waals surface area (Å²) in [6.45, 7) is 4.19. The van der Waals surface area contributed by atoms with Crippen molar-refractivity contribution in [3.05, 3.63) is 53.6 Å². The predicted molar refractivity (Wildman–Crippen MR) is 129 cm³/mol. The Hall–Kier alpha value is -3.48. The Labute approximate surface area is 204 Å². The first kappa shape index (κ1) is 22.0. The molecular formula is C28H28N2O5. The zero-order chi connectivity index (χ0) is 24.4. The Morgan fingerprint density at radius 3 is 2.09 bits per heavy atom. The number of anilines is 2. The normalized spacial score (nSPS) is 29.3. The van der Waals surface area contributed by atoms with Crippen LogP contribution >= 0.6 is 0 Å². The summed E-state index contributed by atoms with van der Waals surface area (Å²) >= 11 is 0. The van der Waals surface area contributed by atoms with Crippen molar-refractivity contribution in [1.29, 1.82) is 0 Å². The van der Waals surface area contributed by atoms with E-state index in [1.54, 1.807) is 29.2 Å². The second kappa shape index (κ2) is 8.04. The highest BCUT2D eigenvalue weighted by molar-refractivity contribution is 6.22. The quantitative estimate of drug-likeness (QED) is 0.384. The van der Waals surface area contributed by atoms with Crippen LogP contribution in [0.4, 0.5) is 11.4 Å². The Bertz CT molecular complexity index is 1200. The molecule has 6 rings (SSSR count). The van der Waals surface area contributed by atoms with Gasteiger partial charge in [0.15, 0.2) is 0 Å². The molecule has 0 radical (unpaired) electrons. The second-order valence-corrected chi connectivity index (χ2v) is 10.5. The van der Waals surface area contributed by atoms with Crippen molar-refractivity contribution < 1.29 is 23.9 Å². The van der Waals surface area contributed by atoms with Gasteiger partial charge in [-0.1, -0.05) is 18.2 Å². The molecule has 7 heteroatoms. The number of imide groups is 1. The average Bonchev–Trinajstić information content (AvgIpc) is 3.59. The lowest BCUT2D eigenvalue weighted by Gasteiger charge is -2.21. The number of carbonyl (C=O) groups is 4. The van der Waals surface area contributed by atoms with Crippen molar-refractivity contribution in [2.75, 3.05) is 16.3 Å². The third-order valence-corrected chi connectivity index (χ3v) is 8.41. The summed E-state index contributed by atoms with van der Waals surface area (Å²) in [4.78, 5) is 54.6. The molecule has 2 aromatic rings. The predicted octanol–water partition coefficient (Wildman–Crippen LogP) is 3.80. The number of amides is 3. The highest BCUT2D eigenvalue weighted by Crippen LogP contribution is 2.56. The van der Waals surface area contributed by atoms with Crippen LogP contribution in [0.1, 0.15) is 36.8 Å². The molecule has 2 heterocycles. The molecule has 2 bridgehead atoms. The van der Waals surface area contributed by atoms with Crippen LogP contribution in [0, 0.1) is 43.4 Å². The number of benzene rings is 2. The number of fused-ring (bicyclic) bond motifs is 5. The van der Waals surface area contributed by atoms with E-state index >= 15 is 0 Å². The smallest absolute Gasteiger partial charge is 0.316 e. The van der Waals surface area contributed by atoms with Crippen LogP contribution in [-0.2, 0) is 19.2 Å². The van der Waals surface area contributed by atoms with Crippen LogP contribution in [0.25, 0.3) is 0 Å². The van der Waals surface area contributed by atoms with Crippen molar-refractivity contribution in [3.8, 4) is 5.75 Å². The lowest BCUT2D eigenvalue weighted by atomic mass is 9.81. The van der Waals surface area contributed by atoms with Crippen LogP contribution < -0.4 is 14.5 Å². The summed E-state index contributed by atoms with van der Waals surface area (Å²) in [5.41, 5.74) is 3.36. The molecule has 2 aliphatic carbocycles. The number of esters is 1. The van der Waals surface area contributed by atoms with E-state index in [9.17, 15) is 19.2 Å². The summed E-state index contributed by atoms with van der Waals surface area (Å²) in [6.07, 6.45) is 3.18. The third kappa shape index (κ3) is 3.39. The van der Waals surface area contributed by atoms with E-state index in [-0.39, 0.29) is 42.5 Å². The first-order chi connectivity index (χ1) is 16.8. The van der Waals surface area contributed by atoms with Gasteiger partial charge in [-0.2, -0.15) is 0 Å². The summed E-state index contributed by atoms with van der Waals surface area (Å²) < 4.78 is 5.58. The van der Waals surface area contributed by atoms with E-state index in [4.69, 9.17) is 4.74 Å². The number of hydrogen-bond donors (Lipinski definition) is 0. The van der Waals surface area contributed by atoms with Crippen molar-refractivity contribution in [2.45, 2.75) is 39.5 Å². The molecule has 0 aromatic heterocycles. The molecule has 2 saturated carbocycles. The summed E-state index contributed by atoms with van der Waals surface area (Å²) in [7, 11) is 0. The van der Waals surface area contributed by atoms with E-state index < -0.39 is 11.9 Å². The van der Waals surface area contributed by atoms with Gasteiger partial charge in [0.25, 0.3) is 0 Å². The molecule has 3 amide bonds. The van der Waals surface area contributed by atoms with E-state index in [0.717, 1.165) is 36.1 Å². The minimum absolute atomic E-state index is 0.0898. The Balaban J connectivity index is 1.14. The number of carbonyl (C=O) groups excluding carboxylic acids is 4. The average molecular weight is 473 g/mol. The highest BCUT2D eigenvalue weighted by Gasteiger charge is 2.61. The van der Waals surface area contributed by atoms with E-state index in [0.29, 0.717) is 23.3 Å². The molecule has 2 aliphatic heterocycles. The van der Waals surface area contributed by atoms with Gasteiger partial charge in [-0.05, 0) is 80.3 Å². The maximum absolute atomic E-state index is 13.0. The molecule has 5 atom stereocenters. The van der Waals surface area contributed by atoms with Crippen LogP contribution in [0.3, 0.4) is 0 Å². The fourth-order valence-corrected chi connectivity index (χ4v) is 6.84.